The van der Waals surface area contributed by atoms with Gasteiger partial charge in [-0.15, -0.1) is 0 Å². The van der Waals surface area contributed by atoms with Crippen LogP contribution in [0.3, 0.4) is 0 Å². The molecule has 7 nitrogen and oxygen atoms in total. The minimum atomic E-state index is -0.344. The normalized spacial score (nSPS) is 11.6. The molecule has 1 aliphatic heterocycles. The summed E-state index contributed by atoms with van der Waals surface area (Å²) in [6.07, 6.45) is -0.344. The second kappa shape index (κ2) is 13.6. The summed E-state index contributed by atoms with van der Waals surface area (Å²) in [7, 11) is 3.05. The number of aryl methyl sites for hydroxylation is 1. The molecule has 0 aliphatic carbocycles. The molecule has 4 rings (SSSR count). The summed E-state index contributed by atoms with van der Waals surface area (Å²) in [4.78, 5) is 15.1. The number of nitrogens with zero attached hydrogens (tertiary/aromatic N) is 2. The molecular formula is C26H32ClN3O4. The Morgan fingerprint density at radius 1 is 1.09 bits per heavy atom. The van der Waals surface area contributed by atoms with E-state index in [9.17, 15) is 4.79 Å². The molecule has 0 radical (unpaired) electrons. The summed E-state index contributed by atoms with van der Waals surface area (Å²) in [5, 5.41) is 7.37. The Morgan fingerprint density at radius 3 is 2.29 bits per heavy atom. The van der Waals surface area contributed by atoms with Crippen molar-refractivity contribution >= 4 is 23.2 Å². The fourth-order valence-electron chi connectivity index (χ4n) is 3.36. The summed E-state index contributed by atoms with van der Waals surface area (Å²) in [5.41, 5.74) is 6.17. The van der Waals surface area contributed by atoms with Gasteiger partial charge in [-0.25, -0.2) is 0 Å². The molecule has 2 aromatic carbocycles. The van der Waals surface area contributed by atoms with Crippen LogP contribution in [0.15, 0.2) is 58.0 Å². The highest BCUT2D eigenvalue weighted by molar-refractivity contribution is 6.30. The highest BCUT2D eigenvalue weighted by atomic mass is 35.5. The number of aromatic nitrogens is 1. The number of carbonyl (C=O) groups excluding carboxylic acids is 1. The molecule has 3 aromatic rings. The van der Waals surface area contributed by atoms with Gasteiger partial charge in [0.2, 0.25) is 5.91 Å². The van der Waals surface area contributed by atoms with Gasteiger partial charge < -0.3 is 19.3 Å². The Labute approximate surface area is 206 Å². The molecule has 182 valence electrons. The first-order valence-corrected chi connectivity index (χ1v) is 11.5. The summed E-state index contributed by atoms with van der Waals surface area (Å²) >= 11 is 6.00. The van der Waals surface area contributed by atoms with E-state index in [1.165, 1.54) is 21.1 Å². The van der Waals surface area contributed by atoms with E-state index < -0.39 is 0 Å². The topological polar surface area (TPSA) is 86.0 Å². The van der Waals surface area contributed by atoms with E-state index in [1.807, 2.05) is 57.2 Å². The quantitative estimate of drug-likeness (QED) is 0.487. The second-order valence-corrected chi connectivity index (χ2v) is 7.56. The Morgan fingerprint density at radius 2 is 1.71 bits per heavy atom. The number of ether oxygens (including phenoxy) is 2. The smallest absolute Gasteiger partial charge is 0.217 e. The molecule has 1 amide bonds. The van der Waals surface area contributed by atoms with E-state index in [1.54, 1.807) is 0 Å². The Hall–Kier alpha value is -3.00. The van der Waals surface area contributed by atoms with E-state index >= 15 is 0 Å². The third kappa shape index (κ3) is 7.00. The van der Waals surface area contributed by atoms with E-state index in [-0.39, 0.29) is 12.2 Å². The first-order valence-electron chi connectivity index (χ1n) is 11.1. The van der Waals surface area contributed by atoms with Crippen LogP contribution in [0, 0.1) is 6.92 Å². The molecule has 0 saturated carbocycles. The first-order chi connectivity index (χ1) is 16.4. The van der Waals surface area contributed by atoms with Crippen molar-refractivity contribution in [2.45, 2.75) is 40.5 Å². The number of aliphatic imine (C=N–C) groups is 1. The summed E-state index contributed by atoms with van der Waals surface area (Å²) < 4.78 is 15.1. The van der Waals surface area contributed by atoms with Crippen molar-refractivity contribution in [3.05, 3.63) is 76.1 Å². The van der Waals surface area contributed by atoms with Gasteiger partial charge in [-0.05, 0) is 24.6 Å². The van der Waals surface area contributed by atoms with Crippen molar-refractivity contribution in [1.82, 2.24) is 10.5 Å². The molecule has 0 unspecified atom stereocenters. The Kier molecular flexibility index (Phi) is 10.9. The van der Waals surface area contributed by atoms with Crippen LogP contribution in [-0.2, 0) is 20.8 Å². The van der Waals surface area contributed by atoms with Crippen LogP contribution in [0.4, 0.5) is 0 Å². The highest BCUT2D eigenvalue weighted by Gasteiger charge is 2.23. The van der Waals surface area contributed by atoms with Crippen LogP contribution in [-0.4, -0.2) is 43.8 Å². The zero-order chi connectivity index (χ0) is 25.1. The number of benzene rings is 2. The maximum Gasteiger partial charge on any atom is 0.217 e. The van der Waals surface area contributed by atoms with Crippen molar-refractivity contribution < 1.29 is 18.8 Å². The SMILES string of the molecule is CC.COC(CNC(C)=O)OC.Cc1noc2c1-c1ccccc1C(c1ccc(Cl)cc1)=NC2. The van der Waals surface area contributed by atoms with Gasteiger partial charge in [-0.3, -0.25) is 9.79 Å². The number of amides is 1. The minimum Gasteiger partial charge on any atom is -0.358 e. The predicted molar refractivity (Wildman–Crippen MR) is 135 cm³/mol. The number of hydrogen-bond acceptors (Lipinski definition) is 6. The minimum absolute atomic E-state index is 0.0842. The lowest BCUT2D eigenvalue weighted by molar-refractivity contribution is -0.125. The molecule has 0 bridgehead atoms. The average molecular weight is 486 g/mol. The van der Waals surface area contributed by atoms with E-state index in [4.69, 9.17) is 30.6 Å². The average Bonchev–Trinajstić information content (AvgIpc) is 3.13. The molecular weight excluding hydrogens is 454 g/mol. The molecule has 34 heavy (non-hydrogen) atoms. The fraction of sp³-hybridized carbons (Fsp3) is 0.346. The maximum absolute atomic E-state index is 10.4. The second-order valence-electron chi connectivity index (χ2n) is 7.12. The summed E-state index contributed by atoms with van der Waals surface area (Å²) in [6, 6.07) is 16.0. The fourth-order valence-corrected chi connectivity index (χ4v) is 3.48. The molecule has 1 aromatic heterocycles. The van der Waals surface area contributed by atoms with Gasteiger partial charge in [-0.2, -0.15) is 0 Å². The highest BCUT2D eigenvalue weighted by Crippen LogP contribution is 2.34. The predicted octanol–water partition coefficient (Wildman–Crippen LogP) is 5.42. The van der Waals surface area contributed by atoms with E-state index in [2.05, 4.69) is 22.6 Å². The molecule has 2 heterocycles. The standard InChI is InChI=1S/C18H13ClN2O.C6H13NO3.C2H6/c1-11-17-14-4-2-3-5-15(14)18(20-10-16(17)22-21-11)12-6-8-13(19)9-7-12;1-5(8)7-4-6(9-2)10-3;1-2/h2-9H,10H2,1H3;6H,4H2,1-3H3,(H,7,8);1-2H3. The van der Waals surface area contributed by atoms with Gasteiger partial charge in [0, 0.05) is 37.3 Å². The number of rotatable bonds is 5. The number of hydrogen-bond donors (Lipinski definition) is 1. The van der Waals surface area contributed by atoms with Crippen LogP contribution >= 0.6 is 11.6 Å². The molecule has 0 fully saturated rings. The monoisotopic (exact) mass is 485 g/mol. The first kappa shape index (κ1) is 27.2. The summed E-state index contributed by atoms with van der Waals surface area (Å²) in [5.74, 6) is 0.730. The molecule has 8 heteroatoms. The summed E-state index contributed by atoms with van der Waals surface area (Å²) in [6.45, 7) is 8.29. The zero-order valence-corrected chi connectivity index (χ0v) is 21.3. The maximum atomic E-state index is 10.4. The van der Waals surface area contributed by atoms with Crippen molar-refractivity contribution in [2.75, 3.05) is 20.8 Å². The zero-order valence-electron chi connectivity index (χ0n) is 20.5. The van der Waals surface area contributed by atoms with Crippen molar-refractivity contribution in [2.24, 2.45) is 4.99 Å². The molecule has 1 aliphatic rings. The van der Waals surface area contributed by atoms with Gasteiger partial charge in [0.15, 0.2) is 12.1 Å². The van der Waals surface area contributed by atoms with Crippen LogP contribution in [0.1, 0.15) is 43.4 Å². The number of halogens is 1. The number of fused-ring (bicyclic) bond motifs is 3. The van der Waals surface area contributed by atoms with Crippen molar-refractivity contribution in [1.29, 1.82) is 0 Å². The van der Waals surface area contributed by atoms with Gasteiger partial charge in [0.1, 0.15) is 6.54 Å². The Bertz CT molecular complexity index is 1090. The number of nitrogens with one attached hydrogen (secondary N) is 1. The number of carbonyl (C=O) groups is 1. The number of methoxy groups -OCH3 is 2. The van der Waals surface area contributed by atoms with E-state index in [0.717, 1.165) is 44.4 Å². The van der Waals surface area contributed by atoms with Gasteiger partial charge in [-0.1, -0.05) is 67.0 Å². The van der Waals surface area contributed by atoms with Gasteiger partial charge in [0.05, 0.1) is 23.5 Å². The van der Waals surface area contributed by atoms with Gasteiger partial charge in [0.25, 0.3) is 0 Å². The Balaban J connectivity index is 0.000000290. The van der Waals surface area contributed by atoms with Crippen LogP contribution in [0.25, 0.3) is 11.1 Å². The lowest BCUT2D eigenvalue weighted by atomic mass is 9.93. The molecule has 0 spiro atoms. The van der Waals surface area contributed by atoms with Crippen molar-refractivity contribution in [3.8, 4) is 11.1 Å². The van der Waals surface area contributed by atoms with Crippen molar-refractivity contribution in [3.63, 3.8) is 0 Å². The van der Waals surface area contributed by atoms with E-state index in [0.29, 0.717) is 13.1 Å². The molecule has 0 saturated heterocycles. The van der Waals surface area contributed by atoms with Crippen LogP contribution in [0.5, 0.6) is 0 Å². The van der Waals surface area contributed by atoms with Crippen LogP contribution < -0.4 is 5.32 Å². The van der Waals surface area contributed by atoms with Crippen LogP contribution in [0.2, 0.25) is 5.02 Å². The lowest BCUT2D eigenvalue weighted by Crippen LogP contribution is -2.32. The molecule has 1 N–H and O–H groups in total. The lowest BCUT2D eigenvalue weighted by Gasteiger charge is -2.12. The third-order valence-corrected chi connectivity index (χ3v) is 5.18. The largest absolute Gasteiger partial charge is 0.358 e. The van der Waals surface area contributed by atoms with Gasteiger partial charge >= 0.3 is 0 Å². The molecule has 0 atom stereocenters. The third-order valence-electron chi connectivity index (χ3n) is 4.93.